The molecule has 0 saturated carbocycles. The van der Waals surface area contributed by atoms with Crippen LogP contribution in [0.15, 0.2) is 66.7 Å². The summed E-state index contributed by atoms with van der Waals surface area (Å²) >= 11 is 0. The first-order chi connectivity index (χ1) is 19.2. The molecule has 0 amide bonds. The second-order valence-corrected chi connectivity index (χ2v) is 12.5. The molecule has 43 heavy (non-hydrogen) atoms. The summed E-state index contributed by atoms with van der Waals surface area (Å²) in [7, 11) is 4.05. The van der Waals surface area contributed by atoms with E-state index in [2.05, 4.69) is 90.8 Å². The molecular weight excluding hydrogens is 639 g/mol. The number of halogens is 3. The number of hydrogen-bond acceptors (Lipinski definition) is 0. The van der Waals surface area contributed by atoms with Crippen molar-refractivity contribution in [2.75, 3.05) is 0 Å². The Balaban J connectivity index is 0.00000441. The van der Waals surface area contributed by atoms with Crippen LogP contribution in [0.3, 0.4) is 0 Å². The number of benzene rings is 3. The molecule has 0 heterocycles. The maximum absolute atomic E-state index is 4.05. The van der Waals surface area contributed by atoms with Crippen molar-refractivity contribution in [2.24, 2.45) is 5.92 Å². The van der Waals surface area contributed by atoms with Crippen molar-refractivity contribution < 1.29 is 58.9 Å². The zero-order valence-electron chi connectivity index (χ0n) is 26.4. The van der Waals surface area contributed by atoms with Crippen LogP contribution >= 0.6 is 0 Å². The minimum absolute atomic E-state index is 0. The zero-order valence-corrected chi connectivity index (χ0v) is 31.2. The molecule has 5 heteroatoms. The molecule has 4 aromatic rings. The topological polar surface area (TPSA) is 0 Å². The fraction of sp³-hybridized carbons (Fsp3) is 0.500. The van der Waals surface area contributed by atoms with Crippen LogP contribution in [0.4, 0.5) is 0 Å². The molecule has 0 N–H and O–H groups in total. The fourth-order valence-electron chi connectivity index (χ4n) is 6.36. The predicted octanol–water partition coefficient (Wildman–Crippen LogP) is 2.23. The Kier molecular flexibility index (Phi) is 23.3. The molecule has 0 aliphatic carbocycles. The van der Waals surface area contributed by atoms with Gasteiger partial charge in [-0.25, -0.2) is 0 Å². The predicted molar refractivity (Wildman–Crippen MR) is 176 cm³/mol. The summed E-state index contributed by atoms with van der Waals surface area (Å²) in [6, 6.07) is 24.7. The van der Waals surface area contributed by atoms with Crippen LogP contribution in [0, 0.1) is 5.92 Å². The summed E-state index contributed by atoms with van der Waals surface area (Å²) in [6.07, 6.45) is 22.3. The number of rotatable bonds is 18. The standard InChI is InChI=1S/C38H50Si.3ClH.Ti/c1-3-4-5-6-7-10-13-20-30(2)21-14-11-8-9-12-15-22-31-23-16-18-25-33(31)36-28-27-35-34-26-19-17-24-32(34)29-37(35)38(36)39;;;;/h16-19,23-30H,3-15,20-22H2,1-2H3;3*1H;/q-1;;;;+4/p-3. The van der Waals surface area contributed by atoms with Crippen LogP contribution in [-0.4, -0.2) is 10.2 Å². The van der Waals surface area contributed by atoms with Crippen molar-refractivity contribution >= 4 is 37.0 Å². The van der Waals surface area contributed by atoms with Crippen LogP contribution < -0.4 is 42.4 Å². The number of hydrogen-bond donors (Lipinski definition) is 0. The zero-order chi connectivity index (χ0) is 27.3. The van der Waals surface area contributed by atoms with E-state index >= 15 is 0 Å². The van der Waals surface area contributed by atoms with E-state index in [-0.39, 0.29) is 58.9 Å². The number of aryl methyl sites for hydroxylation is 1. The van der Waals surface area contributed by atoms with Gasteiger partial charge in [-0.1, -0.05) is 164 Å². The van der Waals surface area contributed by atoms with Crippen LogP contribution in [0.5, 0.6) is 0 Å². The summed E-state index contributed by atoms with van der Waals surface area (Å²) in [5.41, 5.74) is 4.17. The van der Waals surface area contributed by atoms with Gasteiger partial charge in [-0.3, -0.25) is 0 Å². The molecule has 4 aromatic carbocycles. The van der Waals surface area contributed by atoms with E-state index in [0.29, 0.717) is 0 Å². The van der Waals surface area contributed by atoms with E-state index in [1.165, 1.54) is 146 Å². The molecule has 1 atom stereocenters. The Bertz CT molecular complexity index is 1280. The molecule has 0 fully saturated rings. The van der Waals surface area contributed by atoms with Crippen LogP contribution in [0.1, 0.15) is 116 Å². The van der Waals surface area contributed by atoms with Crippen LogP contribution in [-0.2, 0) is 28.1 Å². The van der Waals surface area contributed by atoms with Crippen molar-refractivity contribution in [1.29, 1.82) is 0 Å². The molecule has 231 valence electrons. The minimum Gasteiger partial charge on any atom is -1.00 e. The minimum atomic E-state index is 0. The SMILES string of the molecule is CCCCCCCCCC(C)CCCCCCCCc1ccccc1-c1ccc2c([cH-]c3ccccc32)c1[Si].[Cl-].[Cl-].[Cl-].[Ti+4]. The van der Waals surface area contributed by atoms with Gasteiger partial charge in [-0.15, -0.1) is 38.9 Å². The normalized spacial score (nSPS) is 11.3. The molecule has 1 unspecified atom stereocenters. The molecule has 0 nitrogen and oxygen atoms in total. The smallest absolute Gasteiger partial charge is 1.00 e. The van der Waals surface area contributed by atoms with Crippen molar-refractivity contribution in [3.05, 3.63) is 72.3 Å². The number of fused-ring (bicyclic) bond motifs is 3. The van der Waals surface area contributed by atoms with Crippen LogP contribution in [0.2, 0.25) is 0 Å². The average molecular weight is 689 g/mol. The molecule has 0 aromatic heterocycles. The maximum atomic E-state index is 4.05. The van der Waals surface area contributed by atoms with Crippen molar-refractivity contribution in [1.82, 2.24) is 0 Å². The first kappa shape index (κ1) is 42.3. The Hall–Kier alpha value is -0.669. The molecule has 4 rings (SSSR count). The van der Waals surface area contributed by atoms with E-state index in [1.54, 1.807) is 0 Å². The van der Waals surface area contributed by atoms with Gasteiger partial charge in [0.25, 0.3) is 0 Å². The van der Waals surface area contributed by atoms with Crippen molar-refractivity contribution in [3.8, 4) is 11.1 Å². The summed E-state index contributed by atoms with van der Waals surface area (Å²) in [6.45, 7) is 4.78. The Morgan fingerprint density at radius 1 is 0.605 bits per heavy atom. The Morgan fingerprint density at radius 3 is 1.84 bits per heavy atom. The number of unbranched alkanes of at least 4 members (excludes halogenated alkanes) is 11. The maximum Gasteiger partial charge on any atom is 4.00 e. The van der Waals surface area contributed by atoms with Crippen molar-refractivity contribution in [2.45, 2.75) is 117 Å². The third kappa shape index (κ3) is 12.9. The van der Waals surface area contributed by atoms with Gasteiger partial charge in [0.1, 0.15) is 0 Å². The van der Waals surface area contributed by atoms with Gasteiger partial charge in [-0.05, 0) is 29.9 Å². The Labute approximate surface area is 299 Å². The quantitative estimate of drug-likeness (QED) is 0.0856. The monoisotopic (exact) mass is 687 g/mol. The first-order valence-corrected chi connectivity index (χ1v) is 16.6. The largest absolute Gasteiger partial charge is 4.00 e. The van der Waals surface area contributed by atoms with E-state index in [1.807, 2.05) is 0 Å². The molecule has 0 aliphatic rings. The van der Waals surface area contributed by atoms with Gasteiger partial charge in [0.15, 0.2) is 0 Å². The van der Waals surface area contributed by atoms with Gasteiger partial charge in [0, 0.05) is 10.2 Å². The second kappa shape index (κ2) is 23.6. The van der Waals surface area contributed by atoms with E-state index < -0.39 is 0 Å². The van der Waals surface area contributed by atoms with Crippen molar-refractivity contribution in [3.63, 3.8) is 0 Å². The fourth-order valence-corrected chi connectivity index (χ4v) is 6.79. The molecular formula is C38H50Cl3SiTi. The van der Waals surface area contributed by atoms with E-state index in [4.69, 9.17) is 0 Å². The molecule has 3 radical (unpaired) electrons. The molecule has 0 spiro atoms. The summed E-state index contributed by atoms with van der Waals surface area (Å²) in [5, 5.41) is 6.53. The van der Waals surface area contributed by atoms with E-state index in [0.717, 1.165) is 5.92 Å². The molecule has 0 saturated heterocycles. The summed E-state index contributed by atoms with van der Waals surface area (Å²) in [4.78, 5) is 0. The summed E-state index contributed by atoms with van der Waals surface area (Å²) in [5.74, 6) is 0.919. The van der Waals surface area contributed by atoms with Crippen LogP contribution in [0.25, 0.3) is 32.7 Å². The summed E-state index contributed by atoms with van der Waals surface area (Å²) < 4.78 is 0. The van der Waals surface area contributed by atoms with Gasteiger partial charge < -0.3 is 37.2 Å². The third-order valence-electron chi connectivity index (χ3n) is 8.80. The van der Waals surface area contributed by atoms with Gasteiger partial charge in [0.2, 0.25) is 0 Å². The third-order valence-corrected chi connectivity index (χ3v) is 9.34. The first-order valence-electron chi connectivity index (χ1n) is 16.1. The van der Waals surface area contributed by atoms with Gasteiger partial charge in [-0.2, -0.15) is 0 Å². The molecule has 0 bridgehead atoms. The van der Waals surface area contributed by atoms with Gasteiger partial charge >= 0.3 is 21.7 Å². The average Bonchev–Trinajstić information content (AvgIpc) is 3.34. The second-order valence-electron chi connectivity index (χ2n) is 12.0. The molecule has 0 aliphatic heterocycles. The Morgan fingerprint density at radius 2 is 1.16 bits per heavy atom. The van der Waals surface area contributed by atoms with E-state index in [9.17, 15) is 0 Å². The van der Waals surface area contributed by atoms with Gasteiger partial charge in [0.05, 0.1) is 0 Å².